The zero-order chi connectivity index (χ0) is 22.1. The van der Waals surface area contributed by atoms with E-state index in [1.165, 1.54) is 24.9 Å². The average molecular weight is 422 g/mol. The van der Waals surface area contributed by atoms with Crippen molar-refractivity contribution in [2.24, 2.45) is 0 Å². The summed E-state index contributed by atoms with van der Waals surface area (Å²) < 4.78 is 10.3. The lowest BCUT2D eigenvalue weighted by Gasteiger charge is -2.29. The van der Waals surface area contributed by atoms with Crippen LogP contribution in [0.3, 0.4) is 0 Å². The highest BCUT2D eigenvalue weighted by molar-refractivity contribution is 6.05. The molecule has 6 heteroatoms. The third-order valence-electron chi connectivity index (χ3n) is 5.66. The maximum absolute atomic E-state index is 12.5. The van der Waals surface area contributed by atoms with Crippen LogP contribution in [0, 0.1) is 11.3 Å². The van der Waals surface area contributed by atoms with E-state index >= 15 is 0 Å². The van der Waals surface area contributed by atoms with E-state index in [1.807, 2.05) is 19.1 Å². The third kappa shape index (κ3) is 6.06. The number of amides is 1. The van der Waals surface area contributed by atoms with Crippen LogP contribution in [0.1, 0.15) is 31.7 Å². The molecule has 1 amide bonds. The smallest absolute Gasteiger partial charge is 0.262 e. The molecule has 1 aliphatic heterocycles. The Hall–Kier alpha value is -2.88. The van der Waals surface area contributed by atoms with Crippen molar-refractivity contribution in [2.75, 3.05) is 51.5 Å². The summed E-state index contributed by atoms with van der Waals surface area (Å²) in [7, 11) is 1.61. The standard InChI is InChI=1S/C25H31N3O3/c1-19(24(18-26)25(29)27-10-13-31-15-14-30-2)20-6-7-22-17-23(9-8-21(22)16-20)28-11-4-3-5-12-28/h6-9,16-17H,3-5,10-15H2,1-2H3,(H,27,29)/b24-19+. The van der Waals surface area contributed by atoms with E-state index in [2.05, 4.69) is 40.6 Å². The predicted octanol–water partition coefficient (Wildman–Crippen LogP) is 3.91. The van der Waals surface area contributed by atoms with Crippen LogP contribution in [0.2, 0.25) is 0 Å². The lowest BCUT2D eigenvalue weighted by molar-refractivity contribution is -0.117. The van der Waals surface area contributed by atoms with Gasteiger partial charge in [0.05, 0.1) is 19.8 Å². The molecule has 6 nitrogen and oxygen atoms in total. The molecule has 1 saturated heterocycles. The molecular weight excluding hydrogens is 390 g/mol. The van der Waals surface area contributed by atoms with E-state index in [0.717, 1.165) is 29.4 Å². The molecule has 164 valence electrons. The molecule has 31 heavy (non-hydrogen) atoms. The maximum atomic E-state index is 12.5. The van der Waals surface area contributed by atoms with Crippen molar-refractivity contribution in [3.8, 4) is 6.07 Å². The van der Waals surface area contributed by atoms with Crippen molar-refractivity contribution < 1.29 is 14.3 Å². The maximum Gasteiger partial charge on any atom is 0.262 e. The van der Waals surface area contributed by atoms with Crippen LogP contribution in [-0.4, -0.2) is 52.5 Å². The normalized spacial score (nSPS) is 14.8. The van der Waals surface area contributed by atoms with E-state index in [1.54, 1.807) is 7.11 Å². The number of fused-ring (bicyclic) bond motifs is 1. The van der Waals surface area contributed by atoms with Crippen LogP contribution >= 0.6 is 0 Å². The van der Waals surface area contributed by atoms with Crippen molar-refractivity contribution >= 4 is 27.9 Å². The largest absolute Gasteiger partial charge is 0.382 e. The second-order valence-corrected chi connectivity index (χ2v) is 7.77. The lowest BCUT2D eigenvalue weighted by Crippen LogP contribution is -2.29. The minimum absolute atomic E-state index is 0.126. The van der Waals surface area contributed by atoms with Crippen LogP contribution < -0.4 is 10.2 Å². The van der Waals surface area contributed by atoms with Gasteiger partial charge in [0.1, 0.15) is 11.6 Å². The molecule has 1 N–H and O–H groups in total. The summed E-state index contributed by atoms with van der Waals surface area (Å²) in [5.41, 5.74) is 2.93. The molecule has 0 saturated carbocycles. The molecule has 0 radical (unpaired) electrons. The summed E-state index contributed by atoms with van der Waals surface area (Å²) in [4.78, 5) is 14.9. The summed E-state index contributed by atoms with van der Waals surface area (Å²) in [6, 6.07) is 14.7. The molecule has 3 rings (SSSR count). The molecule has 0 unspecified atom stereocenters. The summed E-state index contributed by atoms with van der Waals surface area (Å²) >= 11 is 0. The lowest BCUT2D eigenvalue weighted by atomic mass is 9.98. The van der Waals surface area contributed by atoms with Gasteiger partial charge in [0.25, 0.3) is 5.91 Å². The van der Waals surface area contributed by atoms with Crippen molar-refractivity contribution in [2.45, 2.75) is 26.2 Å². The Morgan fingerprint density at radius 2 is 1.81 bits per heavy atom. The number of piperidine rings is 1. The number of nitrogens with zero attached hydrogens (tertiary/aromatic N) is 2. The average Bonchev–Trinajstić information content (AvgIpc) is 2.81. The Morgan fingerprint density at radius 1 is 1.06 bits per heavy atom. The van der Waals surface area contributed by atoms with Gasteiger partial charge in [0.15, 0.2) is 0 Å². The summed E-state index contributed by atoms with van der Waals surface area (Å²) in [6.07, 6.45) is 3.81. The number of methoxy groups -OCH3 is 1. The highest BCUT2D eigenvalue weighted by Crippen LogP contribution is 2.28. The minimum Gasteiger partial charge on any atom is -0.382 e. The van der Waals surface area contributed by atoms with Crippen molar-refractivity contribution in [1.82, 2.24) is 5.32 Å². The van der Waals surface area contributed by atoms with Crippen LogP contribution in [0.5, 0.6) is 0 Å². The zero-order valence-electron chi connectivity index (χ0n) is 18.4. The molecule has 0 bridgehead atoms. The second kappa shape index (κ2) is 11.5. The zero-order valence-corrected chi connectivity index (χ0v) is 18.4. The van der Waals surface area contributed by atoms with E-state index in [4.69, 9.17) is 9.47 Å². The predicted molar refractivity (Wildman–Crippen MR) is 124 cm³/mol. The number of benzene rings is 2. The Morgan fingerprint density at radius 3 is 2.55 bits per heavy atom. The number of carbonyl (C=O) groups is 1. The number of hydrogen-bond donors (Lipinski definition) is 1. The van der Waals surface area contributed by atoms with Gasteiger partial charge in [-0.25, -0.2) is 0 Å². The molecule has 0 aliphatic carbocycles. The number of ether oxygens (including phenoxy) is 2. The number of nitrogens with one attached hydrogen (secondary N) is 1. The summed E-state index contributed by atoms with van der Waals surface area (Å²) in [5, 5.41) is 14.6. The van der Waals surface area contributed by atoms with E-state index in [-0.39, 0.29) is 11.5 Å². The van der Waals surface area contributed by atoms with E-state index in [9.17, 15) is 10.1 Å². The monoisotopic (exact) mass is 421 g/mol. The molecular formula is C25H31N3O3. The van der Waals surface area contributed by atoms with Gasteiger partial charge in [-0.2, -0.15) is 5.26 Å². The first-order valence-electron chi connectivity index (χ1n) is 10.9. The van der Waals surface area contributed by atoms with Gasteiger partial charge in [0, 0.05) is 32.4 Å². The first kappa shape index (κ1) is 22.8. The fourth-order valence-corrected chi connectivity index (χ4v) is 3.83. The second-order valence-electron chi connectivity index (χ2n) is 7.77. The van der Waals surface area contributed by atoms with Crippen molar-refractivity contribution in [3.63, 3.8) is 0 Å². The van der Waals surface area contributed by atoms with Crippen LogP contribution in [0.25, 0.3) is 16.3 Å². The third-order valence-corrected chi connectivity index (χ3v) is 5.66. The molecule has 1 fully saturated rings. The molecule has 0 spiro atoms. The summed E-state index contributed by atoms with van der Waals surface area (Å²) in [5.74, 6) is -0.379. The van der Waals surface area contributed by atoms with E-state index in [0.29, 0.717) is 31.9 Å². The number of anilines is 1. The first-order chi connectivity index (χ1) is 15.1. The quantitative estimate of drug-likeness (QED) is 0.378. The Labute approximate surface area is 184 Å². The van der Waals surface area contributed by atoms with Crippen LogP contribution in [0.15, 0.2) is 42.0 Å². The molecule has 1 aliphatic rings. The molecule has 0 atom stereocenters. The molecule has 0 aromatic heterocycles. The number of allylic oxidation sites excluding steroid dienone is 1. The molecule has 2 aromatic rings. The van der Waals surface area contributed by atoms with Gasteiger partial charge in [0.2, 0.25) is 0 Å². The fraction of sp³-hybridized carbons (Fsp3) is 0.440. The minimum atomic E-state index is -0.379. The summed E-state index contributed by atoms with van der Waals surface area (Å²) in [6.45, 7) is 5.75. The van der Waals surface area contributed by atoms with Gasteiger partial charge in [-0.3, -0.25) is 4.79 Å². The van der Waals surface area contributed by atoms with Gasteiger partial charge in [-0.1, -0.05) is 18.2 Å². The Balaban J connectivity index is 1.71. The number of rotatable bonds is 9. The van der Waals surface area contributed by atoms with Crippen LogP contribution in [0.4, 0.5) is 5.69 Å². The van der Waals surface area contributed by atoms with Crippen molar-refractivity contribution in [1.29, 1.82) is 5.26 Å². The SMILES string of the molecule is COCCOCCNC(=O)/C(C#N)=C(\C)c1ccc2cc(N3CCCCC3)ccc2c1. The fourth-order valence-electron chi connectivity index (χ4n) is 3.83. The van der Waals surface area contributed by atoms with Gasteiger partial charge >= 0.3 is 0 Å². The highest BCUT2D eigenvalue weighted by Gasteiger charge is 2.15. The topological polar surface area (TPSA) is 74.6 Å². The van der Waals surface area contributed by atoms with Crippen LogP contribution in [-0.2, 0) is 14.3 Å². The number of carbonyl (C=O) groups excluding carboxylic acids is 1. The van der Waals surface area contributed by atoms with Gasteiger partial charge < -0.3 is 19.7 Å². The number of nitriles is 1. The molecule has 1 heterocycles. The van der Waals surface area contributed by atoms with Crippen molar-refractivity contribution in [3.05, 3.63) is 47.5 Å². The first-order valence-corrected chi connectivity index (χ1v) is 10.9. The van der Waals surface area contributed by atoms with E-state index < -0.39 is 0 Å². The Kier molecular flexibility index (Phi) is 8.45. The molecule has 2 aromatic carbocycles. The van der Waals surface area contributed by atoms with Gasteiger partial charge in [-0.05, 0) is 66.3 Å². The Bertz CT molecular complexity index is 972. The number of hydrogen-bond acceptors (Lipinski definition) is 5. The van der Waals surface area contributed by atoms with Gasteiger partial charge in [-0.15, -0.1) is 0 Å². The highest BCUT2D eigenvalue weighted by atomic mass is 16.5.